The molecule has 0 aliphatic carbocycles. The van der Waals surface area contributed by atoms with Crippen molar-refractivity contribution < 1.29 is 28.2 Å². The minimum atomic E-state index is -0.681. The second kappa shape index (κ2) is 4.73. The normalized spacial score (nSPS) is 24.1. The first-order valence-corrected chi connectivity index (χ1v) is 7.85. The van der Waals surface area contributed by atoms with Gasteiger partial charge < -0.3 is 23.4 Å². The topological polar surface area (TPSA) is 84.2 Å². The zero-order chi connectivity index (χ0) is 16.4. The average molecular weight is 330 g/mol. The van der Waals surface area contributed by atoms with Gasteiger partial charge in [-0.2, -0.15) is 0 Å². The van der Waals surface area contributed by atoms with E-state index >= 15 is 0 Å². The number of ether oxygens (including phenoxy) is 4. The molecule has 2 unspecified atom stereocenters. The Balaban J connectivity index is 1.91. The van der Waals surface area contributed by atoms with Gasteiger partial charge in [0, 0.05) is 18.1 Å². The van der Waals surface area contributed by atoms with Gasteiger partial charge in [0.1, 0.15) is 22.6 Å². The number of carbonyl (C=O) groups is 1. The summed E-state index contributed by atoms with van der Waals surface area (Å²) in [5.41, 5.74) is 1.16. The predicted molar refractivity (Wildman–Crippen MR) is 80.7 cm³/mol. The van der Waals surface area contributed by atoms with Gasteiger partial charge in [0.05, 0.1) is 31.6 Å². The molecule has 0 radical (unpaired) electrons. The van der Waals surface area contributed by atoms with Gasteiger partial charge in [0.15, 0.2) is 0 Å². The van der Waals surface area contributed by atoms with E-state index in [9.17, 15) is 9.59 Å². The molecule has 0 saturated carbocycles. The number of hydrogen-bond acceptors (Lipinski definition) is 7. The van der Waals surface area contributed by atoms with Gasteiger partial charge in [-0.3, -0.25) is 0 Å². The summed E-state index contributed by atoms with van der Waals surface area (Å²) < 4.78 is 27.4. The lowest BCUT2D eigenvalue weighted by atomic mass is 9.92. The third kappa shape index (κ3) is 1.65. The van der Waals surface area contributed by atoms with Crippen molar-refractivity contribution in [3.63, 3.8) is 0 Å². The van der Waals surface area contributed by atoms with Crippen LogP contribution in [0.5, 0.6) is 11.5 Å². The predicted octanol–water partition coefficient (Wildman–Crippen LogP) is 1.74. The fourth-order valence-corrected chi connectivity index (χ4v) is 3.88. The number of rotatable bonds is 1. The van der Waals surface area contributed by atoms with Gasteiger partial charge in [-0.05, 0) is 12.0 Å². The maximum absolute atomic E-state index is 12.4. The molecular weight excluding hydrogens is 316 g/mol. The van der Waals surface area contributed by atoms with Crippen molar-refractivity contribution in [2.45, 2.75) is 25.0 Å². The summed E-state index contributed by atoms with van der Waals surface area (Å²) >= 11 is 0. The second-order valence-electron chi connectivity index (χ2n) is 6.08. The van der Waals surface area contributed by atoms with Gasteiger partial charge in [-0.15, -0.1) is 0 Å². The number of hydrogen-bond donors (Lipinski definition) is 0. The first kappa shape index (κ1) is 13.9. The molecule has 24 heavy (non-hydrogen) atoms. The molecule has 1 fully saturated rings. The number of methoxy groups -OCH3 is 1. The summed E-state index contributed by atoms with van der Waals surface area (Å²) in [6, 6.07) is 1.78. The molecule has 2 aromatic rings. The van der Waals surface area contributed by atoms with Crippen molar-refractivity contribution in [3.8, 4) is 11.5 Å². The molecule has 3 aliphatic heterocycles. The van der Waals surface area contributed by atoms with Gasteiger partial charge in [-0.25, -0.2) is 9.59 Å². The Morgan fingerprint density at radius 1 is 1.25 bits per heavy atom. The number of esters is 1. The van der Waals surface area contributed by atoms with Crippen molar-refractivity contribution in [1.82, 2.24) is 0 Å². The highest BCUT2D eigenvalue weighted by Gasteiger charge is 2.43. The van der Waals surface area contributed by atoms with Crippen LogP contribution in [0, 0.1) is 0 Å². The lowest BCUT2D eigenvalue weighted by Crippen LogP contribution is -2.26. The number of fused-ring (bicyclic) bond motifs is 7. The van der Waals surface area contributed by atoms with Gasteiger partial charge in [0.25, 0.3) is 0 Å². The van der Waals surface area contributed by atoms with Gasteiger partial charge >= 0.3 is 11.6 Å². The summed E-state index contributed by atoms with van der Waals surface area (Å²) in [5.74, 6) is 0.492. The third-order valence-electron chi connectivity index (χ3n) is 4.91. The molecule has 124 valence electrons. The quantitative estimate of drug-likeness (QED) is 0.581. The van der Waals surface area contributed by atoms with Crippen molar-refractivity contribution in [2.24, 2.45) is 0 Å². The highest BCUT2D eigenvalue weighted by atomic mass is 16.7. The van der Waals surface area contributed by atoms with Crippen LogP contribution in [-0.4, -0.2) is 32.6 Å². The minimum Gasteiger partial charge on any atom is -0.496 e. The maximum atomic E-state index is 12.4. The van der Waals surface area contributed by atoms with Crippen LogP contribution in [0.4, 0.5) is 0 Å². The summed E-state index contributed by atoms with van der Waals surface area (Å²) in [7, 11) is 1.53. The fraction of sp³-hybridized carbons (Fsp3) is 0.412. The van der Waals surface area contributed by atoms with E-state index in [0.717, 1.165) is 12.0 Å². The largest absolute Gasteiger partial charge is 0.496 e. The monoisotopic (exact) mass is 330 g/mol. The molecule has 4 heterocycles. The zero-order valence-electron chi connectivity index (χ0n) is 12.9. The van der Waals surface area contributed by atoms with Crippen molar-refractivity contribution in [2.75, 3.05) is 20.3 Å². The van der Waals surface area contributed by atoms with Crippen LogP contribution in [0.15, 0.2) is 15.3 Å². The first-order valence-electron chi connectivity index (χ1n) is 7.85. The van der Waals surface area contributed by atoms with E-state index in [1.54, 1.807) is 6.07 Å². The van der Waals surface area contributed by atoms with Crippen molar-refractivity contribution in [1.29, 1.82) is 0 Å². The van der Waals surface area contributed by atoms with Crippen LogP contribution < -0.4 is 15.1 Å². The summed E-state index contributed by atoms with van der Waals surface area (Å²) in [4.78, 5) is 24.4. The summed E-state index contributed by atoms with van der Waals surface area (Å²) in [6.07, 6.45) is 0.882. The molecule has 7 nitrogen and oxygen atoms in total. The molecular formula is C17H14O7. The van der Waals surface area contributed by atoms with E-state index in [1.807, 2.05) is 0 Å². The van der Waals surface area contributed by atoms with Gasteiger partial charge in [-0.1, -0.05) is 0 Å². The molecule has 0 spiro atoms. The lowest BCUT2D eigenvalue weighted by Gasteiger charge is -2.19. The van der Waals surface area contributed by atoms with E-state index in [-0.39, 0.29) is 24.4 Å². The molecule has 3 aliphatic rings. The Morgan fingerprint density at radius 3 is 2.96 bits per heavy atom. The van der Waals surface area contributed by atoms with E-state index in [4.69, 9.17) is 23.4 Å². The standard InChI is InChI=1S/C17H14O7/c1-20-9-6-10-12(8-3-5-22-17(8)23-10)14-11(9)7-2-4-21-15(18)13(7)16(19)24-14/h6,8,17H,2-5H2,1H3. The number of carbonyl (C=O) groups excluding carboxylic acids is 1. The summed E-state index contributed by atoms with van der Waals surface area (Å²) in [5, 5.41) is 0.652. The van der Waals surface area contributed by atoms with E-state index < -0.39 is 11.6 Å². The average Bonchev–Trinajstić information content (AvgIpc) is 3.14. The molecule has 2 atom stereocenters. The highest BCUT2D eigenvalue weighted by Crippen LogP contribution is 2.50. The van der Waals surface area contributed by atoms with Crippen LogP contribution in [-0.2, 0) is 15.9 Å². The Morgan fingerprint density at radius 2 is 2.12 bits per heavy atom. The summed E-state index contributed by atoms with van der Waals surface area (Å²) in [6.45, 7) is 0.833. The number of cyclic esters (lactones) is 1. The van der Waals surface area contributed by atoms with Crippen LogP contribution in [0.1, 0.15) is 33.8 Å². The van der Waals surface area contributed by atoms with Crippen LogP contribution in [0.3, 0.4) is 0 Å². The molecule has 7 heteroatoms. The molecule has 0 N–H and O–H groups in total. The van der Waals surface area contributed by atoms with Crippen LogP contribution in [0.25, 0.3) is 11.0 Å². The Kier molecular flexibility index (Phi) is 2.73. The van der Waals surface area contributed by atoms with E-state index in [1.165, 1.54) is 7.11 Å². The molecule has 1 aromatic heterocycles. The fourth-order valence-electron chi connectivity index (χ4n) is 3.88. The molecule has 5 rings (SSSR count). The first-order chi connectivity index (χ1) is 11.7. The Labute approximate surface area is 136 Å². The van der Waals surface area contributed by atoms with Crippen molar-refractivity contribution in [3.05, 3.63) is 33.2 Å². The molecule has 0 amide bonds. The van der Waals surface area contributed by atoms with Crippen molar-refractivity contribution >= 4 is 16.9 Å². The Bertz CT molecular complexity index is 942. The highest BCUT2D eigenvalue weighted by molar-refractivity contribution is 6.01. The smallest absolute Gasteiger partial charge is 0.351 e. The molecule has 1 saturated heterocycles. The lowest BCUT2D eigenvalue weighted by molar-refractivity contribution is -0.0337. The third-order valence-corrected chi connectivity index (χ3v) is 4.91. The van der Waals surface area contributed by atoms with Gasteiger partial charge in [0.2, 0.25) is 6.29 Å². The zero-order valence-corrected chi connectivity index (χ0v) is 12.9. The Hall–Kier alpha value is -2.54. The molecule has 0 bridgehead atoms. The second-order valence-corrected chi connectivity index (χ2v) is 6.08. The van der Waals surface area contributed by atoms with E-state index in [0.29, 0.717) is 41.1 Å². The number of benzene rings is 1. The molecule has 1 aromatic carbocycles. The van der Waals surface area contributed by atoms with Crippen LogP contribution in [0.2, 0.25) is 0 Å². The maximum Gasteiger partial charge on any atom is 0.351 e. The minimum absolute atomic E-state index is 0.0187. The van der Waals surface area contributed by atoms with E-state index in [2.05, 4.69) is 0 Å². The SMILES string of the molecule is COc1cc2c(c3oc(=O)c4c(c13)CCOC4=O)C1CCOC1O2. The van der Waals surface area contributed by atoms with Crippen LogP contribution >= 0.6 is 0 Å².